The van der Waals surface area contributed by atoms with Crippen molar-refractivity contribution < 1.29 is 9.59 Å². The molecule has 0 aromatic heterocycles. The minimum Gasteiger partial charge on any atom is -0.326 e. The fourth-order valence-electron chi connectivity index (χ4n) is 2.30. The summed E-state index contributed by atoms with van der Waals surface area (Å²) in [5.41, 5.74) is 2.25. The number of hydrogen-bond acceptors (Lipinski definition) is 2. The van der Waals surface area contributed by atoms with E-state index < -0.39 is 0 Å². The number of anilines is 1. The lowest BCUT2D eigenvalue weighted by Crippen LogP contribution is -2.20. The summed E-state index contributed by atoms with van der Waals surface area (Å²) < 4.78 is 0. The molecule has 1 atom stereocenters. The van der Waals surface area contributed by atoms with Crippen LogP contribution in [0.2, 0.25) is 0 Å². The molecule has 0 unspecified atom stereocenters. The van der Waals surface area contributed by atoms with E-state index in [1.807, 2.05) is 37.3 Å². The molecule has 3 nitrogen and oxygen atoms in total. The van der Waals surface area contributed by atoms with E-state index >= 15 is 0 Å². The molecule has 3 heteroatoms. The molecular weight excluding hydrogens is 262 g/mol. The van der Waals surface area contributed by atoms with Gasteiger partial charge in [-0.25, -0.2) is 0 Å². The van der Waals surface area contributed by atoms with Crippen molar-refractivity contribution in [3.05, 3.63) is 65.7 Å². The molecule has 0 aliphatic carbocycles. The van der Waals surface area contributed by atoms with Crippen LogP contribution in [0.25, 0.3) is 0 Å². The Hall–Kier alpha value is -2.42. The second-order valence-electron chi connectivity index (χ2n) is 5.00. The first-order valence-corrected chi connectivity index (χ1v) is 7.08. The Labute approximate surface area is 125 Å². The molecule has 0 spiro atoms. The van der Waals surface area contributed by atoms with Gasteiger partial charge in [0.05, 0.1) is 5.92 Å². The van der Waals surface area contributed by atoms with Crippen LogP contribution in [-0.2, 0) is 4.79 Å². The lowest BCUT2D eigenvalue weighted by atomic mass is 9.95. The average molecular weight is 281 g/mol. The topological polar surface area (TPSA) is 46.2 Å². The molecule has 0 aliphatic heterocycles. The van der Waals surface area contributed by atoms with Gasteiger partial charge in [0, 0.05) is 11.3 Å². The summed E-state index contributed by atoms with van der Waals surface area (Å²) in [6.45, 7) is 3.50. The van der Waals surface area contributed by atoms with Crippen LogP contribution in [0.3, 0.4) is 0 Å². The zero-order valence-electron chi connectivity index (χ0n) is 12.3. The molecule has 0 saturated heterocycles. The number of benzene rings is 2. The highest BCUT2D eigenvalue weighted by Gasteiger charge is 2.18. The first kappa shape index (κ1) is 15.0. The van der Waals surface area contributed by atoms with Gasteiger partial charge in [0.1, 0.15) is 0 Å². The number of carbonyl (C=O) groups excluding carboxylic acids is 2. The molecule has 108 valence electrons. The van der Waals surface area contributed by atoms with Gasteiger partial charge in [-0.1, -0.05) is 49.4 Å². The molecule has 0 saturated carbocycles. The number of hydrogen-bond donors (Lipinski definition) is 1. The van der Waals surface area contributed by atoms with Crippen LogP contribution in [-0.4, -0.2) is 11.7 Å². The van der Waals surface area contributed by atoms with E-state index in [1.54, 1.807) is 24.3 Å². The Morgan fingerprint density at radius 2 is 1.76 bits per heavy atom. The van der Waals surface area contributed by atoms with Gasteiger partial charge in [0.15, 0.2) is 5.78 Å². The van der Waals surface area contributed by atoms with Crippen LogP contribution in [0.5, 0.6) is 0 Å². The molecule has 2 aromatic carbocycles. The maximum absolute atomic E-state index is 12.4. The average Bonchev–Trinajstić information content (AvgIpc) is 2.49. The Kier molecular flexibility index (Phi) is 4.88. The number of Topliss-reactive ketones (excluding diaryl/α,β-unsaturated/α-hetero) is 1. The maximum Gasteiger partial charge on any atom is 0.231 e. The van der Waals surface area contributed by atoms with Crippen LogP contribution < -0.4 is 5.32 Å². The molecule has 0 heterocycles. The standard InChI is InChI=1S/C18H19NO2/c1-3-17(14-8-5-4-6-9-14)18(21)19-16-11-7-10-15(12-16)13(2)20/h4-12,17H,3H2,1-2H3,(H,19,21)/t17-/m0/s1. The van der Waals surface area contributed by atoms with Gasteiger partial charge >= 0.3 is 0 Å². The van der Waals surface area contributed by atoms with E-state index in [0.717, 1.165) is 12.0 Å². The minimum absolute atomic E-state index is 0.0128. The zero-order valence-corrected chi connectivity index (χ0v) is 12.3. The number of nitrogens with one attached hydrogen (secondary N) is 1. The second kappa shape index (κ2) is 6.84. The third kappa shape index (κ3) is 3.78. The van der Waals surface area contributed by atoms with Crippen LogP contribution in [0.1, 0.15) is 42.1 Å². The zero-order chi connectivity index (χ0) is 15.2. The number of carbonyl (C=O) groups is 2. The van der Waals surface area contributed by atoms with Crippen molar-refractivity contribution in [3.8, 4) is 0 Å². The van der Waals surface area contributed by atoms with E-state index in [-0.39, 0.29) is 17.6 Å². The SMILES string of the molecule is CC[C@H](C(=O)Nc1cccc(C(C)=O)c1)c1ccccc1. The number of rotatable bonds is 5. The largest absolute Gasteiger partial charge is 0.326 e. The minimum atomic E-state index is -0.188. The smallest absolute Gasteiger partial charge is 0.231 e. The van der Waals surface area contributed by atoms with E-state index in [9.17, 15) is 9.59 Å². The molecule has 0 bridgehead atoms. The lowest BCUT2D eigenvalue weighted by Gasteiger charge is -2.15. The molecule has 21 heavy (non-hydrogen) atoms. The monoisotopic (exact) mass is 281 g/mol. The van der Waals surface area contributed by atoms with Gasteiger partial charge in [-0.15, -0.1) is 0 Å². The van der Waals surface area contributed by atoms with Gasteiger partial charge in [0.2, 0.25) is 5.91 Å². The third-order valence-electron chi connectivity index (χ3n) is 3.46. The number of ketones is 1. The quantitative estimate of drug-likeness (QED) is 0.841. The Bertz CT molecular complexity index is 635. The van der Waals surface area contributed by atoms with Crippen molar-refractivity contribution in [1.29, 1.82) is 0 Å². The van der Waals surface area contributed by atoms with Gasteiger partial charge in [0.25, 0.3) is 0 Å². The summed E-state index contributed by atoms with van der Waals surface area (Å²) in [6.07, 6.45) is 0.724. The summed E-state index contributed by atoms with van der Waals surface area (Å²) in [7, 11) is 0. The first-order chi connectivity index (χ1) is 10.1. The van der Waals surface area contributed by atoms with Gasteiger partial charge in [-0.05, 0) is 31.0 Å². The lowest BCUT2D eigenvalue weighted by molar-refractivity contribution is -0.117. The van der Waals surface area contributed by atoms with Crippen LogP contribution >= 0.6 is 0 Å². The molecule has 0 fully saturated rings. The van der Waals surface area contributed by atoms with Crippen molar-refractivity contribution in [3.63, 3.8) is 0 Å². The summed E-state index contributed by atoms with van der Waals surface area (Å²) in [5, 5.41) is 2.90. The fraction of sp³-hybridized carbons (Fsp3) is 0.222. The van der Waals surface area contributed by atoms with Crippen molar-refractivity contribution in [2.45, 2.75) is 26.2 Å². The molecule has 0 radical (unpaired) electrons. The van der Waals surface area contributed by atoms with Crippen molar-refractivity contribution in [2.24, 2.45) is 0 Å². The Morgan fingerprint density at radius 3 is 2.38 bits per heavy atom. The highest BCUT2D eigenvalue weighted by molar-refractivity contribution is 5.98. The van der Waals surface area contributed by atoms with Gasteiger partial charge < -0.3 is 5.32 Å². The molecular formula is C18H19NO2. The van der Waals surface area contributed by atoms with Crippen LogP contribution in [0, 0.1) is 0 Å². The van der Waals surface area contributed by atoms with Crippen LogP contribution in [0.4, 0.5) is 5.69 Å². The Balaban J connectivity index is 2.16. The Morgan fingerprint density at radius 1 is 1.05 bits per heavy atom. The van der Waals surface area contributed by atoms with E-state index in [1.165, 1.54) is 6.92 Å². The van der Waals surface area contributed by atoms with E-state index in [4.69, 9.17) is 0 Å². The number of amides is 1. The van der Waals surface area contributed by atoms with Gasteiger partial charge in [-0.2, -0.15) is 0 Å². The molecule has 2 aromatic rings. The second-order valence-corrected chi connectivity index (χ2v) is 5.00. The first-order valence-electron chi connectivity index (χ1n) is 7.08. The third-order valence-corrected chi connectivity index (χ3v) is 3.46. The normalized spacial score (nSPS) is 11.7. The predicted molar refractivity (Wildman–Crippen MR) is 84.6 cm³/mol. The maximum atomic E-state index is 12.4. The molecule has 0 aliphatic rings. The summed E-state index contributed by atoms with van der Waals surface area (Å²) >= 11 is 0. The van der Waals surface area contributed by atoms with Crippen LogP contribution in [0.15, 0.2) is 54.6 Å². The van der Waals surface area contributed by atoms with Gasteiger partial charge in [-0.3, -0.25) is 9.59 Å². The predicted octanol–water partition coefficient (Wildman–Crippen LogP) is 4.02. The van der Waals surface area contributed by atoms with E-state index in [0.29, 0.717) is 11.3 Å². The highest BCUT2D eigenvalue weighted by atomic mass is 16.2. The van der Waals surface area contributed by atoms with Crippen molar-refractivity contribution in [1.82, 2.24) is 0 Å². The summed E-state index contributed by atoms with van der Waals surface area (Å²) in [4.78, 5) is 23.8. The molecule has 1 amide bonds. The highest BCUT2D eigenvalue weighted by Crippen LogP contribution is 2.22. The van der Waals surface area contributed by atoms with Crippen molar-refractivity contribution >= 4 is 17.4 Å². The summed E-state index contributed by atoms with van der Waals surface area (Å²) in [5.74, 6) is -0.252. The fourth-order valence-corrected chi connectivity index (χ4v) is 2.30. The molecule has 2 rings (SSSR count). The summed E-state index contributed by atoms with van der Waals surface area (Å²) in [6, 6.07) is 16.7. The van der Waals surface area contributed by atoms with E-state index in [2.05, 4.69) is 5.32 Å². The van der Waals surface area contributed by atoms with Crippen molar-refractivity contribution in [2.75, 3.05) is 5.32 Å². The molecule has 1 N–H and O–H groups in total.